The minimum Gasteiger partial charge on any atom is -0.490 e. The number of rotatable bonds is 1. The van der Waals surface area contributed by atoms with Crippen LogP contribution in [-0.4, -0.2) is 50.2 Å². The van der Waals surface area contributed by atoms with Crippen LogP contribution in [0.2, 0.25) is 5.02 Å². The minimum absolute atomic E-state index is 0.0944. The Balaban J connectivity index is 1.29. The standard InChI is InChI=1S/C35H38ClN3O5S/c36-26-12-14-28-23(18-26)6-5-16-35(28)21-39-20-25-10-13-27(25)31(40)8-1-2-9-33(29-7-3-4-17-37-29)45(42,43)38-34(41)24-11-15-32(44-22-35)30(39)19-24/h1,3-4,7-8,11-12,14-15,17-19,25,27,31,33,40H,2,5-6,9-10,13,16,20-22H2,(H,38,41)/b8-1+/t25-,27+,31-,33+,35-/m0/s1. The Bertz CT molecular complexity index is 1730. The summed E-state index contributed by atoms with van der Waals surface area (Å²) in [5, 5.41) is 10.9. The van der Waals surface area contributed by atoms with Gasteiger partial charge in [0.2, 0.25) is 10.0 Å². The highest BCUT2D eigenvalue weighted by Gasteiger charge is 2.44. The van der Waals surface area contributed by atoms with Crippen molar-refractivity contribution in [2.24, 2.45) is 11.8 Å². The van der Waals surface area contributed by atoms with Crippen LogP contribution in [0.1, 0.15) is 71.0 Å². The van der Waals surface area contributed by atoms with Crippen molar-refractivity contribution in [1.82, 2.24) is 9.71 Å². The van der Waals surface area contributed by atoms with E-state index < -0.39 is 27.3 Å². The summed E-state index contributed by atoms with van der Waals surface area (Å²) in [5.41, 5.74) is 3.59. The van der Waals surface area contributed by atoms with Crippen molar-refractivity contribution in [3.8, 4) is 5.75 Å². The summed E-state index contributed by atoms with van der Waals surface area (Å²) in [5.74, 6) is 0.330. The Hall–Kier alpha value is -3.40. The van der Waals surface area contributed by atoms with Gasteiger partial charge in [-0.25, -0.2) is 13.1 Å². The van der Waals surface area contributed by atoms with Gasteiger partial charge in [-0.15, -0.1) is 0 Å². The SMILES string of the molecule is O=C1NS(=O)(=O)[C@@H](c2ccccn2)CC/C=C/[C@H](O)[C@@H]2CC[C@H]2CN2C[C@@]3(CCCc4cc(Cl)ccc43)COc3ccc1cc32. The van der Waals surface area contributed by atoms with Gasteiger partial charge in [0, 0.05) is 35.3 Å². The molecule has 8 nitrogen and oxygen atoms in total. The molecule has 0 saturated heterocycles. The molecule has 2 N–H and O–H groups in total. The van der Waals surface area contributed by atoms with E-state index in [-0.39, 0.29) is 29.2 Å². The van der Waals surface area contributed by atoms with E-state index in [1.54, 1.807) is 42.6 Å². The lowest BCUT2D eigenvalue weighted by Crippen LogP contribution is -2.49. The molecule has 3 heterocycles. The number of anilines is 1. The fraction of sp³-hybridized carbons (Fsp3) is 0.429. The molecule has 3 aromatic rings. The molecule has 7 rings (SSSR count). The molecule has 10 heteroatoms. The number of benzene rings is 2. The monoisotopic (exact) mass is 647 g/mol. The van der Waals surface area contributed by atoms with Gasteiger partial charge in [0.05, 0.1) is 24.1 Å². The van der Waals surface area contributed by atoms with Gasteiger partial charge in [0.25, 0.3) is 5.91 Å². The van der Waals surface area contributed by atoms with Crippen LogP contribution in [0.5, 0.6) is 5.75 Å². The van der Waals surface area contributed by atoms with Crippen LogP contribution in [-0.2, 0) is 21.9 Å². The number of halogens is 1. The average Bonchev–Trinajstić information content (AvgIpc) is 3.15. The molecular weight excluding hydrogens is 610 g/mol. The molecule has 1 amide bonds. The maximum atomic E-state index is 13.7. The first-order chi connectivity index (χ1) is 21.7. The number of hydrogen-bond donors (Lipinski definition) is 2. The van der Waals surface area contributed by atoms with Crippen LogP contribution in [0.4, 0.5) is 5.69 Å². The number of aliphatic hydroxyl groups is 1. The second-order valence-corrected chi connectivity index (χ2v) is 15.3. The van der Waals surface area contributed by atoms with Crippen molar-refractivity contribution in [3.05, 3.63) is 100 Å². The summed E-state index contributed by atoms with van der Waals surface area (Å²) in [6, 6.07) is 16.4. The van der Waals surface area contributed by atoms with Gasteiger partial charge in [-0.05, 0) is 110 Å². The number of nitrogens with zero attached hydrogens (tertiary/aromatic N) is 2. The van der Waals surface area contributed by atoms with Gasteiger partial charge < -0.3 is 14.7 Å². The van der Waals surface area contributed by atoms with E-state index in [9.17, 15) is 18.3 Å². The maximum absolute atomic E-state index is 13.7. The van der Waals surface area contributed by atoms with Crippen molar-refractivity contribution in [2.45, 2.75) is 61.7 Å². The zero-order chi connectivity index (χ0) is 31.2. The summed E-state index contributed by atoms with van der Waals surface area (Å²) in [4.78, 5) is 20.2. The molecular formula is C35H38ClN3O5S. The summed E-state index contributed by atoms with van der Waals surface area (Å²) in [6.45, 7) is 1.85. The van der Waals surface area contributed by atoms with Crippen molar-refractivity contribution in [1.29, 1.82) is 0 Å². The Morgan fingerprint density at radius 3 is 2.78 bits per heavy atom. The van der Waals surface area contributed by atoms with Gasteiger partial charge in [-0.1, -0.05) is 35.9 Å². The number of aryl methyl sites for hydroxylation is 1. The third kappa shape index (κ3) is 5.86. The summed E-state index contributed by atoms with van der Waals surface area (Å²) < 4.78 is 36.2. The molecule has 2 bridgehead atoms. The highest BCUT2D eigenvalue weighted by molar-refractivity contribution is 7.90. The molecule has 0 radical (unpaired) electrons. The molecule has 5 atom stereocenters. The fourth-order valence-corrected chi connectivity index (χ4v) is 9.34. The number of ether oxygens (including phenoxy) is 1. The number of carbonyl (C=O) groups excluding carboxylic acids is 1. The number of aromatic nitrogens is 1. The zero-order valence-electron chi connectivity index (χ0n) is 25.1. The van der Waals surface area contributed by atoms with Gasteiger partial charge in [0.15, 0.2) is 0 Å². The first kappa shape index (κ1) is 30.3. The molecule has 1 fully saturated rings. The number of fused-ring (bicyclic) bond motifs is 4. The molecule has 45 heavy (non-hydrogen) atoms. The average molecular weight is 648 g/mol. The summed E-state index contributed by atoms with van der Waals surface area (Å²) in [7, 11) is -4.14. The third-order valence-corrected chi connectivity index (χ3v) is 12.2. The number of pyridine rings is 1. The molecule has 1 spiro atoms. The third-order valence-electron chi connectivity index (χ3n) is 10.2. The predicted octanol–water partition coefficient (Wildman–Crippen LogP) is 5.75. The number of hydrogen-bond acceptors (Lipinski definition) is 7. The van der Waals surface area contributed by atoms with E-state index in [1.807, 2.05) is 18.2 Å². The topological polar surface area (TPSA) is 109 Å². The van der Waals surface area contributed by atoms with Crippen molar-refractivity contribution in [3.63, 3.8) is 0 Å². The van der Waals surface area contributed by atoms with Gasteiger partial charge in [-0.2, -0.15) is 0 Å². The van der Waals surface area contributed by atoms with Crippen molar-refractivity contribution >= 4 is 33.2 Å². The molecule has 236 valence electrons. The van der Waals surface area contributed by atoms with Crippen LogP contribution < -0.4 is 14.4 Å². The van der Waals surface area contributed by atoms with Crippen LogP contribution in [0, 0.1) is 11.8 Å². The molecule has 1 aromatic heterocycles. The lowest BCUT2D eigenvalue weighted by atomic mass is 9.68. The van der Waals surface area contributed by atoms with E-state index in [4.69, 9.17) is 16.3 Å². The predicted molar refractivity (Wildman–Crippen MR) is 174 cm³/mol. The molecule has 1 saturated carbocycles. The van der Waals surface area contributed by atoms with Crippen LogP contribution >= 0.6 is 11.6 Å². The van der Waals surface area contributed by atoms with Gasteiger partial charge in [0.1, 0.15) is 11.0 Å². The number of sulfonamides is 1. The van der Waals surface area contributed by atoms with E-state index in [0.717, 1.165) is 42.8 Å². The smallest absolute Gasteiger partial charge is 0.264 e. The lowest BCUT2D eigenvalue weighted by Gasteiger charge is -2.45. The van der Waals surface area contributed by atoms with Crippen molar-refractivity contribution in [2.75, 3.05) is 24.6 Å². The number of amides is 1. The summed E-state index contributed by atoms with van der Waals surface area (Å²) in [6.07, 6.45) is 10.1. The Morgan fingerprint density at radius 1 is 1.09 bits per heavy atom. The molecule has 2 aromatic carbocycles. The van der Waals surface area contributed by atoms with Gasteiger partial charge in [-0.3, -0.25) is 9.78 Å². The van der Waals surface area contributed by atoms with Crippen molar-refractivity contribution < 1.29 is 23.1 Å². The highest BCUT2D eigenvalue weighted by atomic mass is 35.5. The summed E-state index contributed by atoms with van der Waals surface area (Å²) >= 11 is 6.40. The molecule has 4 aliphatic rings. The molecule has 2 aliphatic carbocycles. The Morgan fingerprint density at radius 2 is 1.98 bits per heavy atom. The number of nitrogens with one attached hydrogen (secondary N) is 1. The lowest BCUT2D eigenvalue weighted by molar-refractivity contribution is 0.0456. The van der Waals surface area contributed by atoms with E-state index in [1.165, 1.54) is 11.1 Å². The van der Waals surface area contributed by atoms with E-state index in [2.05, 4.69) is 26.7 Å². The molecule has 2 aliphatic heterocycles. The van der Waals surface area contributed by atoms with Gasteiger partial charge >= 0.3 is 0 Å². The van der Waals surface area contributed by atoms with Crippen LogP contribution in [0.3, 0.4) is 0 Å². The van der Waals surface area contributed by atoms with Crippen LogP contribution in [0.15, 0.2) is 72.9 Å². The normalized spacial score (nSPS) is 30.1. The second-order valence-electron chi connectivity index (χ2n) is 13.0. The van der Waals surface area contributed by atoms with E-state index >= 15 is 0 Å². The Kier molecular flexibility index (Phi) is 8.12. The Labute approximate surface area is 269 Å². The first-order valence-corrected chi connectivity index (χ1v) is 17.8. The maximum Gasteiger partial charge on any atom is 0.264 e. The quantitative estimate of drug-likeness (QED) is 0.324. The first-order valence-electron chi connectivity index (χ1n) is 15.8. The molecule has 0 unspecified atom stereocenters. The fourth-order valence-electron chi connectivity index (χ4n) is 7.72. The number of aliphatic hydroxyl groups excluding tert-OH is 1. The minimum atomic E-state index is -4.14. The number of carbonyl (C=O) groups is 1. The van der Waals surface area contributed by atoms with Crippen LogP contribution in [0.25, 0.3) is 0 Å². The zero-order valence-corrected chi connectivity index (χ0v) is 26.6. The highest BCUT2D eigenvalue weighted by Crippen LogP contribution is 2.47. The number of allylic oxidation sites excluding steroid dienone is 1. The largest absolute Gasteiger partial charge is 0.490 e. The van der Waals surface area contributed by atoms with E-state index in [0.29, 0.717) is 37.6 Å². The second kappa shape index (κ2) is 12.1.